The van der Waals surface area contributed by atoms with Crippen molar-refractivity contribution in [3.63, 3.8) is 0 Å². The number of nitro groups is 1. The molecule has 8 nitrogen and oxygen atoms in total. The summed E-state index contributed by atoms with van der Waals surface area (Å²) in [6, 6.07) is 4.65. The number of ether oxygens (including phenoxy) is 1. The maximum absolute atomic E-state index is 11.0. The third-order valence-electron chi connectivity index (χ3n) is 2.75. The molecule has 0 amide bonds. The van der Waals surface area contributed by atoms with Gasteiger partial charge in [0.2, 0.25) is 0 Å². The zero-order chi connectivity index (χ0) is 15.4. The number of benzene rings is 1. The van der Waals surface area contributed by atoms with E-state index < -0.39 is 4.92 Å². The summed E-state index contributed by atoms with van der Waals surface area (Å²) >= 11 is 0. The molecule has 2 aromatic rings. The number of rotatable bonds is 6. The fourth-order valence-electron chi connectivity index (χ4n) is 1.78. The largest absolute Gasteiger partial charge is 0.484 e. The Morgan fingerprint density at radius 3 is 2.86 bits per heavy atom. The predicted octanol–water partition coefficient (Wildman–Crippen LogP) is 2.30. The first kappa shape index (κ1) is 14.6. The first-order valence-electron chi connectivity index (χ1n) is 6.44. The van der Waals surface area contributed by atoms with Crippen LogP contribution in [0.4, 0.5) is 17.2 Å². The van der Waals surface area contributed by atoms with E-state index in [0.717, 1.165) is 5.56 Å². The molecule has 0 saturated heterocycles. The van der Waals surface area contributed by atoms with Gasteiger partial charge in [0.05, 0.1) is 17.2 Å². The van der Waals surface area contributed by atoms with E-state index in [1.54, 1.807) is 18.3 Å². The summed E-state index contributed by atoms with van der Waals surface area (Å²) in [6.45, 7) is 4.09. The third-order valence-corrected chi connectivity index (χ3v) is 2.75. The second kappa shape index (κ2) is 6.12. The van der Waals surface area contributed by atoms with E-state index in [1.807, 2.05) is 13.8 Å². The average molecular weight is 291 g/mol. The predicted molar refractivity (Wildman–Crippen MR) is 79.2 cm³/mol. The molecule has 2 rings (SSSR count). The average Bonchev–Trinajstić information content (AvgIpc) is 2.81. The zero-order valence-corrected chi connectivity index (χ0v) is 11.8. The number of hydrogen-bond acceptors (Lipinski definition) is 6. The molecule has 8 heteroatoms. The van der Waals surface area contributed by atoms with Gasteiger partial charge in [-0.2, -0.15) is 5.10 Å². The molecule has 0 radical (unpaired) electrons. The minimum absolute atomic E-state index is 0.0583. The number of H-pyrrole nitrogens is 1. The number of nitrogens with zero attached hydrogens (tertiary/aromatic N) is 2. The van der Waals surface area contributed by atoms with Crippen molar-refractivity contribution >= 4 is 17.2 Å². The van der Waals surface area contributed by atoms with Gasteiger partial charge in [0.15, 0.2) is 5.75 Å². The van der Waals surface area contributed by atoms with Gasteiger partial charge in [-0.1, -0.05) is 0 Å². The molecule has 0 aliphatic rings. The first-order valence-corrected chi connectivity index (χ1v) is 6.44. The van der Waals surface area contributed by atoms with Crippen molar-refractivity contribution < 1.29 is 9.66 Å². The van der Waals surface area contributed by atoms with Gasteiger partial charge in [0.25, 0.3) is 0 Å². The molecule has 0 saturated carbocycles. The highest BCUT2D eigenvalue weighted by Gasteiger charge is 2.16. The van der Waals surface area contributed by atoms with Crippen LogP contribution >= 0.6 is 0 Å². The minimum atomic E-state index is -0.463. The van der Waals surface area contributed by atoms with Gasteiger partial charge in [0.1, 0.15) is 5.82 Å². The molecule has 21 heavy (non-hydrogen) atoms. The van der Waals surface area contributed by atoms with Crippen LogP contribution in [0.15, 0.2) is 24.4 Å². The number of nitrogens with two attached hydrogens (primary N) is 1. The summed E-state index contributed by atoms with van der Waals surface area (Å²) in [6.07, 6.45) is 1.47. The van der Waals surface area contributed by atoms with Crippen LogP contribution in [0.1, 0.15) is 19.4 Å². The molecule has 0 spiro atoms. The molecule has 0 atom stereocenters. The quantitative estimate of drug-likeness (QED) is 0.555. The van der Waals surface area contributed by atoms with Crippen LogP contribution in [0, 0.1) is 10.1 Å². The SMILES string of the molecule is CC(C)Oc1cc(NCc2cn[nH]c2N)ccc1[N+](=O)[O-]. The van der Waals surface area contributed by atoms with Crippen LogP contribution in [0.2, 0.25) is 0 Å². The lowest BCUT2D eigenvalue weighted by Crippen LogP contribution is -2.08. The molecule has 1 aromatic heterocycles. The lowest BCUT2D eigenvalue weighted by Gasteiger charge is -2.12. The molecule has 0 unspecified atom stereocenters. The molecule has 112 valence electrons. The highest BCUT2D eigenvalue weighted by Crippen LogP contribution is 2.31. The minimum Gasteiger partial charge on any atom is -0.484 e. The monoisotopic (exact) mass is 291 g/mol. The molecule has 0 fully saturated rings. The van der Waals surface area contributed by atoms with Gasteiger partial charge in [-0.05, 0) is 19.9 Å². The third kappa shape index (κ3) is 3.62. The smallest absolute Gasteiger partial charge is 0.311 e. The Hall–Kier alpha value is -2.77. The van der Waals surface area contributed by atoms with E-state index in [1.165, 1.54) is 6.07 Å². The maximum atomic E-state index is 11.0. The number of hydrogen-bond donors (Lipinski definition) is 3. The van der Waals surface area contributed by atoms with Crippen molar-refractivity contribution in [3.8, 4) is 5.75 Å². The van der Waals surface area contributed by atoms with Crippen molar-refractivity contribution in [1.82, 2.24) is 10.2 Å². The lowest BCUT2D eigenvalue weighted by molar-refractivity contribution is -0.386. The summed E-state index contributed by atoms with van der Waals surface area (Å²) in [4.78, 5) is 10.5. The molecule has 0 aliphatic carbocycles. The Bertz CT molecular complexity index is 638. The Kier molecular flexibility index (Phi) is 4.27. The van der Waals surface area contributed by atoms with Crippen LogP contribution in [-0.2, 0) is 6.54 Å². The van der Waals surface area contributed by atoms with Crippen LogP contribution < -0.4 is 15.8 Å². The van der Waals surface area contributed by atoms with E-state index in [4.69, 9.17) is 10.5 Å². The summed E-state index contributed by atoms with van der Waals surface area (Å²) in [5.41, 5.74) is 7.16. The topological polar surface area (TPSA) is 119 Å². The van der Waals surface area contributed by atoms with Crippen molar-refractivity contribution in [3.05, 3.63) is 40.1 Å². The lowest BCUT2D eigenvalue weighted by atomic mass is 10.2. The van der Waals surface area contributed by atoms with E-state index in [0.29, 0.717) is 18.1 Å². The highest BCUT2D eigenvalue weighted by molar-refractivity contribution is 5.58. The second-order valence-corrected chi connectivity index (χ2v) is 4.77. The molecule has 0 aliphatic heterocycles. The molecular formula is C13H17N5O3. The fraction of sp³-hybridized carbons (Fsp3) is 0.308. The number of aromatic nitrogens is 2. The van der Waals surface area contributed by atoms with Crippen molar-refractivity contribution in [1.29, 1.82) is 0 Å². The standard InChI is InChI=1S/C13H17N5O3/c1-8(2)21-12-5-10(3-4-11(12)18(19)20)15-6-9-7-16-17-13(9)14/h3-5,7-8,15H,6H2,1-2H3,(H3,14,16,17). The Morgan fingerprint density at radius 1 is 1.52 bits per heavy atom. The summed E-state index contributed by atoms with van der Waals surface area (Å²) < 4.78 is 5.48. The van der Waals surface area contributed by atoms with E-state index in [-0.39, 0.29) is 17.5 Å². The number of nitrogen functional groups attached to an aromatic ring is 1. The van der Waals surface area contributed by atoms with Gasteiger partial charge in [-0.15, -0.1) is 0 Å². The number of aromatic amines is 1. The van der Waals surface area contributed by atoms with Gasteiger partial charge in [-0.25, -0.2) is 0 Å². The normalized spacial score (nSPS) is 10.6. The molecular weight excluding hydrogens is 274 g/mol. The number of anilines is 2. The summed E-state index contributed by atoms with van der Waals surface area (Å²) in [7, 11) is 0. The Morgan fingerprint density at radius 2 is 2.29 bits per heavy atom. The van der Waals surface area contributed by atoms with Crippen LogP contribution in [0.5, 0.6) is 5.75 Å². The fourth-order valence-corrected chi connectivity index (χ4v) is 1.78. The molecule has 4 N–H and O–H groups in total. The van der Waals surface area contributed by atoms with Crippen LogP contribution in [0.25, 0.3) is 0 Å². The Labute approximate surface area is 121 Å². The van der Waals surface area contributed by atoms with Crippen molar-refractivity contribution in [2.75, 3.05) is 11.1 Å². The first-order chi connectivity index (χ1) is 9.97. The van der Waals surface area contributed by atoms with E-state index >= 15 is 0 Å². The van der Waals surface area contributed by atoms with E-state index in [2.05, 4.69) is 15.5 Å². The zero-order valence-electron chi connectivity index (χ0n) is 11.8. The highest BCUT2D eigenvalue weighted by atomic mass is 16.6. The number of nitrogens with one attached hydrogen (secondary N) is 2. The summed E-state index contributed by atoms with van der Waals surface area (Å²) in [5.74, 6) is 0.725. The van der Waals surface area contributed by atoms with E-state index in [9.17, 15) is 10.1 Å². The molecule has 1 aromatic carbocycles. The van der Waals surface area contributed by atoms with Crippen molar-refractivity contribution in [2.45, 2.75) is 26.5 Å². The molecule has 1 heterocycles. The molecule has 0 bridgehead atoms. The Balaban J connectivity index is 2.17. The van der Waals surface area contributed by atoms with Gasteiger partial charge in [0, 0.05) is 29.9 Å². The van der Waals surface area contributed by atoms with Crippen molar-refractivity contribution in [2.24, 2.45) is 0 Å². The van der Waals surface area contributed by atoms with Gasteiger partial charge >= 0.3 is 5.69 Å². The number of nitro benzene ring substituents is 1. The van der Waals surface area contributed by atoms with Crippen LogP contribution in [0.3, 0.4) is 0 Å². The second-order valence-electron chi connectivity index (χ2n) is 4.77. The van der Waals surface area contributed by atoms with Crippen LogP contribution in [-0.4, -0.2) is 21.2 Å². The van der Waals surface area contributed by atoms with Gasteiger partial charge < -0.3 is 15.8 Å². The van der Waals surface area contributed by atoms with Gasteiger partial charge in [-0.3, -0.25) is 15.2 Å². The maximum Gasteiger partial charge on any atom is 0.311 e. The summed E-state index contributed by atoms with van der Waals surface area (Å²) in [5, 5.41) is 20.6.